The van der Waals surface area contributed by atoms with Crippen molar-refractivity contribution in [3.05, 3.63) is 52.4 Å². The molecule has 122 valence electrons. The molecule has 0 unspecified atom stereocenters. The van der Waals surface area contributed by atoms with E-state index in [0.29, 0.717) is 0 Å². The van der Waals surface area contributed by atoms with Crippen LogP contribution in [0, 0.1) is 41.5 Å². The number of aromatic nitrogens is 6. The fourth-order valence-electron chi connectivity index (χ4n) is 3.73. The topological polar surface area (TPSA) is 53.5 Å². The molecule has 0 saturated carbocycles. The number of hydrogen-bond acceptors (Lipinski definition) is 3. The summed E-state index contributed by atoms with van der Waals surface area (Å²) in [6, 6.07) is 6.28. The Morgan fingerprint density at radius 2 is 0.870 bits per heavy atom. The van der Waals surface area contributed by atoms with Gasteiger partial charge < -0.3 is 13.8 Å². The molecule has 3 heterocycles. The molecule has 0 aliphatic heterocycles. The maximum absolute atomic E-state index is 4.76. The third kappa shape index (κ3) is 2.31. The predicted octanol–water partition coefficient (Wildman–Crippen LogP) is 2.64. The van der Waals surface area contributed by atoms with Crippen LogP contribution in [-0.2, 0) is 0 Å². The fourth-order valence-corrected chi connectivity index (χ4v) is 3.73. The highest BCUT2D eigenvalue weighted by atomic mass is 15.5. The molecule has 0 atom stereocenters. The normalized spacial score (nSPS) is 12.1. The Morgan fingerprint density at radius 1 is 0.609 bits per heavy atom. The van der Waals surface area contributed by atoms with E-state index in [1.54, 1.807) is 0 Å². The van der Waals surface area contributed by atoms with Gasteiger partial charge in [0.2, 0.25) is 0 Å². The summed E-state index contributed by atoms with van der Waals surface area (Å²) >= 11 is 0. The molecule has 0 N–H and O–H groups in total. The van der Waals surface area contributed by atoms with E-state index in [1.807, 2.05) is 20.8 Å². The molecular weight excluding hydrogens is 287 g/mol. The first-order valence-electron chi connectivity index (χ1n) is 8.03. The first-order valence-corrected chi connectivity index (χ1v) is 8.03. The van der Waals surface area contributed by atoms with Gasteiger partial charge in [0.1, 0.15) is 0 Å². The maximum Gasteiger partial charge on any atom is 0.337 e. The molecule has 0 amide bonds. The molecule has 0 aliphatic rings. The standard InChI is InChI=1S/C16H24BN6/c1-11-8-14(4)21(18-11)17(7,22-15(5)9-12(2)19-22)23-16(6)10-13(3)20-23/h8-10H,1-7H3/q-1. The van der Waals surface area contributed by atoms with E-state index in [9.17, 15) is 0 Å². The zero-order valence-corrected chi connectivity index (χ0v) is 15.0. The Bertz CT molecular complexity index is 757. The van der Waals surface area contributed by atoms with Crippen molar-refractivity contribution in [2.45, 2.75) is 48.4 Å². The van der Waals surface area contributed by atoms with Crippen LogP contribution in [0.4, 0.5) is 0 Å². The third-order valence-electron chi connectivity index (χ3n) is 4.52. The number of aryl methyl sites for hydroxylation is 6. The van der Waals surface area contributed by atoms with Crippen LogP contribution in [-0.4, -0.2) is 35.6 Å². The van der Waals surface area contributed by atoms with E-state index in [4.69, 9.17) is 15.3 Å². The van der Waals surface area contributed by atoms with Gasteiger partial charge in [0, 0.05) is 0 Å². The van der Waals surface area contributed by atoms with Crippen LogP contribution in [0.1, 0.15) is 34.2 Å². The molecule has 7 heteroatoms. The van der Waals surface area contributed by atoms with Crippen molar-refractivity contribution in [2.24, 2.45) is 0 Å². The van der Waals surface area contributed by atoms with Crippen molar-refractivity contribution >= 4 is 6.55 Å². The molecule has 0 bridgehead atoms. The monoisotopic (exact) mass is 311 g/mol. The first kappa shape index (κ1) is 15.6. The van der Waals surface area contributed by atoms with Crippen molar-refractivity contribution in [3.8, 4) is 0 Å². The minimum atomic E-state index is -1.51. The summed E-state index contributed by atoms with van der Waals surface area (Å²) in [5, 5.41) is 14.3. The Hall–Kier alpha value is -2.31. The van der Waals surface area contributed by atoms with Crippen LogP contribution in [0.5, 0.6) is 0 Å². The molecular formula is C16H24BN6-. The van der Waals surface area contributed by atoms with Crippen molar-refractivity contribution in [1.82, 2.24) is 29.1 Å². The van der Waals surface area contributed by atoms with Crippen LogP contribution < -0.4 is 0 Å². The van der Waals surface area contributed by atoms with Crippen molar-refractivity contribution in [1.29, 1.82) is 0 Å². The smallest absolute Gasteiger partial charge is 0.337 e. The quantitative estimate of drug-likeness (QED) is 0.699. The van der Waals surface area contributed by atoms with E-state index in [-0.39, 0.29) is 0 Å². The second-order valence-corrected chi connectivity index (χ2v) is 6.74. The summed E-state index contributed by atoms with van der Waals surface area (Å²) in [5.74, 6) is 0. The van der Waals surface area contributed by atoms with Crippen LogP contribution in [0.15, 0.2) is 18.2 Å². The molecule has 23 heavy (non-hydrogen) atoms. The molecule has 0 spiro atoms. The SMILES string of the molecule is Cc1cc(C)n([B-](C)(n2nc(C)cc2C)n2nc(C)cc2C)n1. The van der Waals surface area contributed by atoms with Gasteiger partial charge in [0.05, 0.1) is 17.1 Å². The molecule has 3 aromatic rings. The van der Waals surface area contributed by atoms with Crippen molar-refractivity contribution in [3.63, 3.8) is 0 Å². The highest BCUT2D eigenvalue weighted by Crippen LogP contribution is 2.20. The van der Waals surface area contributed by atoms with Crippen LogP contribution in [0.2, 0.25) is 6.82 Å². The van der Waals surface area contributed by atoms with Crippen LogP contribution >= 0.6 is 0 Å². The first-order chi connectivity index (χ1) is 10.7. The van der Waals surface area contributed by atoms with Gasteiger partial charge in [-0.25, -0.2) is 15.3 Å². The summed E-state index contributed by atoms with van der Waals surface area (Å²) in [4.78, 5) is 0. The lowest BCUT2D eigenvalue weighted by Crippen LogP contribution is -2.58. The van der Waals surface area contributed by atoms with Gasteiger partial charge in [0.25, 0.3) is 0 Å². The number of rotatable bonds is 3. The lowest BCUT2D eigenvalue weighted by atomic mass is 9.62. The Morgan fingerprint density at radius 3 is 1.04 bits per heavy atom. The van der Waals surface area contributed by atoms with Gasteiger partial charge in [0.15, 0.2) is 0 Å². The minimum Gasteiger partial charge on any atom is -0.398 e. The van der Waals surface area contributed by atoms with E-state index in [0.717, 1.165) is 34.2 Å². The third-order valence-corrected chi connectivity index (χ3v) is 4.52. The van der Waals surface area contributed by atoms with Gasteiger partial charge >= 0.3 is 6.55 Å². The Labute approximate surface area is 137 Å². The Kier molecular flexibility index (Phi) is 3.46. The maximum atomic E-state index is 4.76. The van der Waals surface area contributed by atoms with E-state index >= 15 is 0 Å². The van der Waals surface area contributed by atoms with Crippen molar-refractivity contribution < 1.29 is 0 Å². The van der Waals surface area contributed by atoms with Gasteiger partial charge in [-0.15, -0.1) is 6.82 Å². The Balaban J connectivity index is 2.36. The van der Waals surface area contributed by atoms with Crippen molar-refractivity contribution in [2.75, 3.05) is 0 Å². The lowest BCUT2D eigenvalue weighted by Gasteiger charge is -2.41. The summed E-state index contributed by atoms with van der Waals surface area (Å²) < 4.78 is 6.19. The van der Waals surface area contributed by atoms with Gasteiger partial charge in [-0.1, -0.05) is 0 Å². The highest BCUT2D eigenvalue weighted by molar-refractivity contribution is 6.73. The zero-order chi connectivity index (χ0) is 16.9. The number of hydrogen-bond donors (Lipinski definition) is 0. The van der Waals surface area contributed by atoms with Crippen LogP contribution in [0.25, 0.3) is 0 Å². The largest absolute Gasteiger partial charge is 0.398 e. The molecule has 0 fully saturated rings. The average molecular weight is 311 g/mol. The van der Waals surface area contributed by atoms with E-state index in [2.05, 4.69) is 59.6 Å². The summed E-state index contributed by atoms with van der Waals surface area (Å²) in [6.07, 6.45) is 0. The van der Waals surface area contributed by atoms with E-state index < -0.39 is 6.55 Å². The molecule has 0 aliphatic carbocycles. The predicted molar refractivity (Wildman–Crippen MR) is 92.9 cm³/mol. The molecule has 3 aromatic heterocycles. The summed E-state index contributed by atoms with van der Waals surface area (Å²) in [5.41, 5.74) is 6.30. The molecule has 3 rings (SSSR count). The average Bonchev–Trinajstić information content (AvgIpc) is 3.07. The highest BCUT2D eigenvalue weighted by Gasteiger charge is 2.33. The van der Waals surface area contributed by atoms with E-state index in [1.165, 1.54) is 0 Å². The molecule has 0 radical (unpaired) electrons. The summed E-state index contributed by atoms with van der Waals surface area (Å²) in [6.45, 7) is 12.9. The van der Waals surface area contributed by atoms with Gasteiger partial charge in [-0.3, -0.25) is 0 Å². The zero-order valence-electron chi connectivity index (χ0n) is 15.0. The lowest BCUT2D eigenvalue weighted by molar-refractivity contribution is 0.695. The molecule has 0 aromatic carbocycles. The van der Waals surface area contributed by atoms with Crippen LogP contribution in [0.3, 0.4) is 0 Å². The minimum absolute atomic E-state index is 0.999. The molecule has 0 saturated heterocycles. The second-order valence-electron chi connectivity index (χ2n) is 6.74. The summed E-state index contributed by atoms with van der Waals surface area (Å²) in [7, 11) is 0. The molecule has 6 nitrogen and oxygen atoms in total. The fraction of sp³-hybridized carbons (Fsp3) is 0.438. The van der Waals surface area contributed by atoms with Gasteiger partial charge in [-0.2, -0.15) is 0 Å². The second kappa shape index (κ2) is 5.11. The van der Waals surface area contributed by atoms with Gasteiger partial charge in [-0.05, 0) is 76.8 Å². The number of nitrogens with zero attached hydrogens (tertiary/aromatic N) is 6.